The van der Waals surface area contributed by atoms with Gasteiger partial charge in [0.05, 0.1) is 12.8 Å². The zero-order chi connectivity index (χ0) is 19.1. The molecule has 0 saturated carbocycles. The molecule has 0 radical (unpaired) electrons. The van der Waals surface area contributed by atoms with Gasteiger partial charge in [-0.05, 0) is 44.2 Å². The molecule has 2 amide bonds. The predicted octanol–water partition coefficient (Wildman–Crippen LogP) is 3.51. The second-order valence-corrected chi connectivity index (χ2v) is 5.88. The van der Waals surface area contributed by atoms with E-state index >= 15 is 0 Å². The van der Waals surface area contributed by atoms with Crippen molar-refractivity contribution in [3.63, 3.8) is 0 Å². The maximum atomic E-state index is 12.9. The molecule has 0 bridgehead atoms. The number of nitrogens with zero attached hydrogens (tertiary/aromatic N) is 1. The van der Waals surface area contributed by atoms with Crippen LogP contribution in [0, 0.1) is 0 Å². The first-order valence-electron chi connectivity index (χ1n) is 8.54. The average molecular weight is 355 g/mol. The van der Waals surface area contributed by atoms with Crippen LogP contribution in [0.25, 0.3) is 0 Å². The van der Waals surface area contributed by atoms with Gasteiger partial charge in [0.15, 0.2) is 0 Å². The predicted molar refractivity (Wildman–Crippen MR) is 105 cm³/mol. The molecule has 0 heterocycles. The van der Waals surface area contributed by atoms with E-state index in [-0.39, 0.29) is 11.8 Å². The summed E-state index contributed by atoms with van der Waals surface area (Å²) in [7, 11) is 1.56. The molecule has 138 valence electrons. The summed E-state index contributed by atoms with van der Waals surface area (Å²) in [6.45, 7) is 5.76. The SMILES string of the molecule is CCN(C(=O)[C@H](C)Nc1cc(NC(C)=O)ccc1OC)c1ccccc1. The molecule has 6 nitrogen and oxygen atoms in total. The van der Waals surface area contributed by atoms with Crippen molar-refractivity contribution >= 4 is 28.9 Å². The van der Waals surface area contributed by atoms with Gasteiger partial charge in [-0.1, -0.05) is 18.2 Å². The number of carbonyl (C=O) groups excluding carboxylic acids is 2. The number of rotatable bonds is 7. The first-order chi connectivity index (χ1) is 12.5. The van der Waals surface area contributed by atoms with Crippen molar-refractivity contribution in [2.75, 3.05) is 29.2 Å². The van der Waals surface area contributed by atoms with Crippen LogP contribution in [0.15, 0.2) is 48.5 Å². The second-order valence-electron chi connectivity index (χ2n) is 5.88. The number of hydrogen-bond donors (Lipinski definition) is 2. The van der Waals surface area contributed by atoms with E-state index in [0.29, 0.717) is 23.7 Å². The van der Waals surface area contributed by atoms with Crippen LogP contribution >= 0.6 is 0 Å². The van der Waals surface area contributed by atoms with Gasteiger partial charge in [-0.3, -0.25) is 9.59 Å². The Morgan fingerprint density at radius 2 is 1.85 bits per heavy atom. The normalized spacial score (nSPS) is 11.4. The summed E-state index contributed by atoms with van der Waals surface area (Å²) in [5.74, 6) is 0.388. The quantitative estimate of drug-likeness (QED) is 0.797. The number of nitrogens with one attached hydrogen (secondary N) is 2. The van der Waals surface area contributed by atoms with Crippen molar-refractivity contribution in [1.29, 1.82) is 0 Å². The van der Waals surface area contributed by atoms with Crippen molar-refractivity contribution in [2.24, 2.45) is 0 Å². The molecule has 2 rings (SSSR count). The number of methoxy groups -OCH3 is 1. The monoisotopic (exact) mass is 355 g/mol. The van der Waals surface area contributed by atoms with Gasteiger partial charge in [-0.2, -0.15) is 0 Å². The maximum Gasteiger partial charge on any atom is 0.249 e. The van der Waals surface area contributed by atoms with Gasteiger partial charge >= 0.3 is 0 Å². The highest BCUT2D eigenvalue weighted by atomic mass is 16.5. The largest absolute Gasteiger partial charge is 0.495 e. The molecule has 1 atom stereocenters. The van der Waals surface area contributed by atoms with E-state index in [0.717, 1.165) is 5.69 Å². The van der Waals surface area contributed by atoms with Crippen LogP contribution in [-0.2, 0) is 9.59 Å². The van der Waals surface area contributed by atoms with E-state index in [2.05, 4.69) is 10.6 Å². The van der Waals surface area contributed by atoms with Gasteiger partial charge < -0.3 is 20.3 Å². The third-order valence-corrected chi connectivity index (χ3v) is 3.91. The molecule has 0 aromatic heterocycles. The molecule has 6 heteroatoms. The number of anilines is 3. The molecule has 2 N–H and O–H groups in total. The summed E-state index contributed by atoms with van der Waals surface area (Å²) >= 11 is 0. The van der Waals surface area contributed by atoms with Crippen LogP contribution < -0.4 is 20.3 Å². The van der Waals surface area contributed by atoms with Crippen LogP contribution in [0.2, 0.25) is 0 Å². The highest BCUT2D eigenvalue weighted by molar-refractivity contribution is 5.98. The Labute approximate surface area is 154 Å². The Bertz CT molecular complexity index is 762. The highest BCUT2D eigenvalue weighted by Gasteiger charge is 2.21. The number of para-hydroxylation sites is 1. The molecule has 0 unspecified atom stereocenters. The summed E-state index contributed by atoms with van der Waals surface area (Å²) < 4.78 is 5.36. The van der Waals surface area contributed by atoms with Gasteiger partial charge in [0.25, 0.3) is 0 Å². The van der Waals surface area contributed by atoms with E-state index in [4.69, 9.17) is 4.74 Å². The molecule has 0 aliphatic rings. The van der Waals surface area contributed by atoms with Crippen LogP contribution in [0.3, 0.4) is 0 Å². The maximum absolute atomic E-state index is 12.9. The fraction of sp³-hybridized carbons (Fsp3) is 0.300. The Morgan fingerprint density at radius 1 is 1.15 bits per heavy atom. The number of hydrogen-bond acceptors (Lipinski definition) is 4. The second kappa shape index (κ2) is 8.89. The van der Waals surface area contributed by atoms with Gasteiger partial charge in [0, 0.05) is 24.8 Å². The summed E-state index contributed by atoms with van der Waals surface area (Å²) in [6.07, 6.45) is 0. The molecule has 26 heavy (non-hydrogen) atoms. The van der Waals surface area contributed by atoms with Crippen molar-refractivity contribution in [1.82, 2.24) is 0 Å². The van der Waals surface area contributed by atoms with Crippen molar-refractivity contribution in [3.8, 4) is 5.75 Å². The molecular weight excluding hydrogens is 330 g/mol. The lowest BCUT2D eigenvalue weighted by Gasteiger charge is -2.26. The van der Waals surface area contributed by atoms with Crippen LogP contribution in [0.1, 0.15) is 20.8 Å². The first kappa shape index (κ1) is 19.3. The number of ether oxygens (including phenoxy) is 1. The summed E-state index contributed by atoms with van der Waals surface area (Å²) in [5.41, 5.74) is 2.13. The lowest BCUT2D eigenvalue weighted by atomic mass is 10.2. The van der Waals surface area contributed by atoms with Crippen molar-refractivity contribution in [2.45, 2.75) is 26.8 Å². The van der Waals surface area contributed by atoms with Crippen LogP contribution in [0.5, 0.6) is 5.75 Å². The summed E-state index contributed by atoms with van der Waals surface area (Å²) in [6, 6.07) is 14.3. The Kier molecular flexibility index (Phi) is 6.60. The van der Waals surface area contributed by atoms with Crippen molar-refractivity contribution in [3.05, 3.63) is 48.5 Å². The van der Waals surface area contributed by atoms with Gasteiger partial charge in [0.2, 0.25) is 11.8 Å². The molecule has 2 aromatic carbocycles. The molecule has 0 aliphatic heterocycles. The van der Waals surface area contributed by atoms with E-state index in [9.17, 15) is 9.59 Å². The van der Waals surface area contributed by atoms with Gasteiger partial charge in [-0.15, -0.1) is 0 Å². The molecule has 0 aliphatic carbocycles. The number of amides is 2. The summed E-state index contributed by atoms with van der Waals surface area (Å²) in [4.78, 5) is 25.9. The minimum atomic E-state index is -0.475. The number of benzene rings is 2. The smallest absolute Gasteiger partial charge is 0.249 e. The third kappa shape index (κ3) is 4.75. The zero-order valence-electron chi connectivity index (χ0n) is 15.6. The van der Waals surface area contributed by atoms with Crippen LogP contribution in [0.4, 0.5) is 17.1 Å². The zero-order valence-corrected chi connectivity index (χ0v) is 15.6. The fourth-order valence-corrected chi connectivity index (χ4v) is 2.70. The molecule has 0 saturated heterocycles. The Hall–Kier alpha value is -3.02. The molecule has 0 spiro atoms. The standard InChI is InChI=1S/C20H25N3O3/c1-5-23(17-9-7-6-8-10-17)20(25)14(2)21-18-13-16(22-15(3)24)11-12-19(18)26-4/h6-14,21H,5H2,1-4H3,(H,22,24)/t14-/m0/s1. The van der Waals surface area contributed by atoms with Gasteiger partial charge in [-0.25, -0.2) is 0 Å². The third-order valence-electron chi connectivity index (χ3n) is 3.91. The minimum Gasteiger partial charge on any atom is -0.495 e. The lowest BCUT2D eigenvalue weighted by molar-refractivity contribution is -0.119. The Balaban J connectivity index is 2.20. The first-order valence-corrected chi connectivity index (χ1v) is 8.54. The molecule has 2 aromatic rings. The van der Waals surface area contributed by atoms with Gasteiger partial charge in [0.1, 0.15) is 11.8 Å². The minimum absolute atomic E-state index is 0.0503. The van der Waals surface area contributed by atoms with E-state index in [1.165, 1.54) is 6.92 Å². The average Bonchev–Trinajstić information content (AvgIpc) is 2.63. The summed E-state index contributed by atoms with van der Waals surface area (Å²) in [5, 5.41) is 5.92. The Morgan fingerprint density at radius 3 is 2.42 bits per heavy atom. The topological polar surface area (TPSA) is 70.7 Å². The fourth-order valence-electron chi connectivity index (χ4n) is 2.70. The molecular formula is C20H25N3O3. The number of carbonyl (C=O) groups is 2. The van der Waals surface area contributed by atoms with E-state index in [1.807, 2.05) is 37.3 Å². The molecule has 0 fully saturated rings. The van der Waals surface area contributed by atoms with E-state index < -0.39 is 6.04 Å². The van der Waals surface area contributed by atoms with Crippen LogP contribution in [-0.4, -0.2) is 31.5 Å². The lowest BCUT2D eigenvalue weighted by Crippen LogP contribution is -2.41. The number of likely N-dealkylation sites (N-methyl/N-ethyl adjacent to an activating group) is 1. The van der Waals surface area contributed by atoms with E-state index in [1.54, 1.807) is 37.1 Å². The van der Waals surface area contributed by atoms with Crippen molar-refractivity contribution < 1.29 is 14.3 Å². The highest BCUT2D eigenvalue weighted by Crippen LogP contribution is 2.29.